The molecule has 0 radical (unpaired) electrons. The van der Waals surface area contributed by atoms with E-state index in [-0.39, 0.29) is 6.10 Å². The number of nitrogens with zero attached hydrogens (tertiary/aromatic N) is 6. The van der Waals surface area contributed by atoms with Gasteiger partial charge in [-0.3, -0.25) is 9.67 Å². The maximum atomic E-state index is 5.85. The number of aryl methyl sites for hydroxylation is 2. The molecule has 0 spiro atoms. The Balaban J connectivity index is 1.61. The second-order valence-corrected chi connectivity index (χ2v) is 5.39. The predicted octanol–water partition coefficient (Wildman–Crippen LogP) is 0.260. The third kappa shape index (κ3) is 3.67. The van der Waals surface area contributed by atoms with Gasteiger partial charge in [-0.15, -0.1) is 0 Å². The third-order valence-corrected chi connectivity index (χ3v) is 3.64. The summed E-state index contributed by atoms with van der Waals surface area (Å²) in [7, 11) is 3.66. The van der Waals surface area contributed by atoms with Gasteiger partial charge >= 0.3 is 0 Å². The number of aliphatic imine (C=N–C) groups is 1. The van der Waals surface area contributed by atoms with Crippen LogP contribution in [-0.2, 0) is 18.3 Å². The molecule has 2 aromatic rings. The van der Waals surface area contributed by atoms with E-state index in [0.717, 1.165) is 18.1 Å². The zero-order valence-electron chi connectivity index (χ0n) is 13.6. The molecule has 0 amide bonds. The Labute approximate surface area is 134 Å². The predicted molar refractivity (Wildman–Crippen MR) is 82.7 cm³/mol. The van der Waals surface area contributed by atoms with E-state index in [9.17, 15) is 0 Å². The van der Waals surface area contributed by atoms with Gasteiger partial charge in [-0.25, -0.2) is 0 Å². The minimum atomic E-state index is -0.0124. The van der Waals surface area contributed by atoms with Gasteiger partial charge in [0.25, 0.3) is 0 Å². The van der Waals surface area contributed by atoms with Crippen molar-refractivity contribution >= 4 is 5.96 Å². The van der Waals surface area contributed by atoms with E-state index in [1.165, 1.54) is 0 Å². The van der Waals surface area contributed by atoms with Crippen molar-refractivity contribution < 1.29 is 9.26 Å². The largest absolute Gasteiger partial charge is 0.370 e. The highest BCUT2D eigenvalue weighted by Gasteiger charge is 2.25. The lowest BCUT2D eigenvalue weighted by molar-refractivity contribution is -0.00809. The maximum absolute atomic E-state index is 5.85. The van der Waals surface area contributed by atoms with E-state index in [1.807, 2.05) is 19.4 Å². The summed E-state index contributed by atoms with van der Waals surface area (Å²) in [6.45, 7) is 4.37. The minimum Gasteiger partial charge on any atom is -0.370 e. The molecule has 3 rings (SSSR count). The van der Waals surface area contributed by atoms with Crippen molar-refractivity contribution in [3.63, 3.8) is 0 Å². The van der Waals surface area contributed by atoms with E-state index in [4.69, 9.17) is 9.26 Å². The normalized spacial score (nSPS) is 19.2. The van der Waals surface area contributed by atoms with E-state index in [0.29, 0.717) is 31.4 Å². The molecule has 1 unspecified atom stereocenters. The highest BCUT2D eigenvalue weighted by Crippen LogP contribution is 2.21. The monoisotopic (exact) mass is 319 g/mol. The number of rotatable bonds is 3. The second kappa shape index (κ2) is 6.78. The van der Waals surface area contributed by atoms with Gasteiger partial charge in [-0.2, -0.15) is 10.1 Å². The molecule has 1 N–H and O–H groups in total. The molecule has 3 heterocycles. The lowest BCUT2D eigenvalue weighted by Gasteiger charge is -2.34. The molecule has 0 aliphatic carbocycles. The SMILES string of the molecule is CN=C(NCc1nc(C)no1)N1CCOC(c2cnn(C)c2)C1. The van der Waals surface area contributed by atoms with Gasteiger partial charge in [-0.1, -0.05) is 5.16 Å². The molecule has 1 aliphatic heterocycles. The number of hydrogen-bond acceptors (Lipinski definition) is 6. The summed E-state index contributed by atoms with van der Waals surface area (Å²) < 4.78 is 12.7. The quantitative estimate of drug-likeness (QED) is 0.640. The van der Waals surface area contributed by atoms with Gasteiger partial charge in [0.1, 0.15) is 6.10 Å². The van der Waals surface area contributed by atoms with Crippen LogP contribution in [0, 0.1) is 6.92 Å². The Bertz CT molecular complexity index is 678. The molecule has 0 aromatic carbocycles. The summed E-state index contributed by atoms with van der Waals surface area (Å²) in [5.41, 5.74) is 1.07. The van der Waals surface area contributed by atoms with Gasteiger partial charge in [0.2, 0.25) is 5.89 Å². The second-order valence-electron chi connectivity index (χ2n) is 5.39. The van der Waals surface area contributed by atoms with Crippen LogP contribution in [-0.4, -0.2) is 57.5 Å². The molecule has 1 fully saturated rings. The minimum absolute atomic E-state index is 0.0124. The van der Waals surface area contributed by atoms with Crippen LogP contribution in [0.15, 0.2) is 21.9 Å². The van der Waals surface area contributed by atoms with Crippen LogP contribution in [0.2, 0.25) is 0 Å². The Morgan fingerprint density at radius 1 is 1.52 bits per heavy atom. The van der Waals surface area contributed by atoms with Crippen LogP contribution in [0.25, 0.3) is 0 Å². The van der Waals surface area contributed by atoms with E-state index >= 15 is 0 Å². The summed E-state index contributed by atoms with van der Waals surface area (Å²) in [6.07, 6.45) is 3.80. The summed E-state index contributed by atoms with van der Waals surface area (Å²) in [4.78, 5) is 10.7. The number of guanidine groups is 1. The van der Waals surface area contributed by atoms with E-state index in [1.54, 1.807) is 18.7 Å². The Kier molecular flexibility index (Phi) is 4.56. The van der Waals surface area contributed by atoms with Crippen LogP contribution in [0.3, 0.4) is 0 Å². The smallest absolute Gasteiger partial charge is 0.246 e. The Morgan fingerprint density at radius 3 is 3.04 bits per heavy atom. The summed E-state index contributed by atoms with van der Waals surface area (Å²) in [5, 5.41) is 11.2. The molecular weight excluding hydrogens is 298 g/mol. The lowest BCUT2D eigenvalue weighted by atomic mass is 10.1. The fraction of sp³-hybridized carbons (Fsp3) is 0.571. The summed E-state index contributed by atoms with van der Waals surface area (Å²) in [5.74, 6) is 1.96. The number of aromatic nitrogens is 4. The summed E-state index contributed by atoms with van der Waals surface area (Å²) >= 11 is 0. The molecule has 0 saturated carbocycles. The van der Waals surface area contributed by atoms with Gasteiger partial charge in [0, 0.05) is 32.4 Å². The average Bonchev–Trinajstić information content (AvgIpc) is 3.17. The number of nitrogens with one attached hydrogen (secondary N) is 1. The van der Waals surface area contributed by atoms with Crippen LogP contribution in [0.5, 0.6) is 0 Å². The first-order valence-electron chi connectivity index (χ1n) is 7.50. The molecule has 1 saturated heterocycles. The van der Waals surface area contributed by atoms with Crippen molar-refractivity contribution in [3.05, 3.63) is 29.7 Å². The van der Waals surface area contributed by atoms with Gasteiger partial charge in [0.05, 0.1) is 25.9 Å². The van der Waals surface area contributed by atoms with E-state index < -0.39 is 0 Å². The maximum Gasteiger partial charge on any atom is 0.246 e. The van der Waals surface area contributed by atoms with Gasteiger partial charge < -0.3 is 19.5 Å². The van der Waals surface area contributed by atoms with Crippen molar-refractivity contribution in [1.82, 2.24) is 30.1 Å². The zero-order valence-corrected chi connectivity index (χ0v) is 13.6. The van der Waals surface area contributed by atoms with Crippen molar-refractivity contribution in [2.45, 2.75) is 19.6 Å². The average molecular weight is 319 g/mol. The van der Waals surface area contributed by atoms with Crippen LogP contribution in [0.1, 0.15) is 23.4 Å². The third-order valence-electron chi connectivity index (χ3n) is 3.64. The number of ether oxygens (including phenoxy) is 1. The fourth-order valence-corrected chi connectivity index (χ4v) is 2.55. The molecule has 2 aromatic heterocycles. The molecule has 9 heteroatoms. The van der Waals surface area contributed by atoms with Crippen molar-refractivity contribution in [2.75, 3.05) is 26.7 Å². The summed E-state index contributed by atoms with van der Waals surface area (Å²) in [6, 6.07) is 0. The molecular formula is C14H21N7O2. The molecule has 1 atom stereocenters. The van der Waals surface area contributed by atoms with Crippen molar-refractivity contribution in [1.29, 1.82) is 0 Å². The topological polar surface area (TPSA) is 93.6 Å². The van der Waals surface area contributed by atoms with Gasteiger partial charge in [0.15, 0.2) is 11.8 Å². The molecule has 23 heavy (non-hydrogen) atoms. The standard InChI is InChI=1S/C14H21N7O2/c1-10-18-13(23-19-10)7-16-14(15-2)21-4-5-22-12(9-21)11-6-17-20(3)8-11/h6,8,12H,4-5,7,9H2,1-3H3,(H,15,16). The van der Waals surface area contributed by atoms with Crippen molar-refractivity contribution in [2.24, 2.45) is 12.0 Å². The van der Waals surface area contributed by atoms with Gasteiger partial charge in [-0.05, 0) is 6.92 Å². The lowest BCUT2D eigenvalue weighted by Crippen LogP contribution is -2.47. The van der Waals surface area contributed by atoms with Crippen LogP contribution < -0.4 is 5.32 Å². The zero-order chi connectivity index (χ0) is 16.2. The first kappa shape index (κ1) is 15.5. The van der Waals surface area contributed by atoms with Crippen molar-refractivity contribution in [3.8, 4) is 0 Å². The van der Waals surface area contributed by atoms with E-state index in [2.05, 4.69) is 30.4 Å². The first-order valence-corrected chi connectivity index (χ1v) is 7.50. The number of morpholine rings is 1. The molecule has 1 aliphatic rings. The first-order chi connectivity index (χ1) is 11.2. The van der Waals surface area contributed by atoms with Crippen LogP contribution >= 0.6 is 0 Å². The molecule has 9 nitrogen and oxygen atoms in total. The molecule has 0 bridgehead atoms. The Morgan fingerprint density at radius 2 is 2.39 bits per heavy atom. The highest BCUT2D eigenvalue weighted by molar-refractivity contribution is 5.79. The fourth-order valence-electron chi connectivity index (χ4n) is 2.55. The highest BCUT2D eigenvalue weighted by atomic mass is 16.5. The Hall–Kier alpha value is -2.42. The number of hydrogen-bond donors (Lipinski definition) is 1. The van der Waals surface area contributed by atoms with Crippen LogP contribution in [0.4, 0.5) is 0 Å². The molecule has 124 valence electrons.